The summed E-state index contributed by atoms with van der Waals surface area (Å²) in [5.74, 6) is -0.407. The fourth-order valence-corrected chi connectivity index (χ4v) is 3.76. The normalized spacial score (nSPS) is 18.0. The number of benzene rings is 2. The van der Waals surface area contributed by atoms with Crippen LogP contribution >= 0.6 is 0 Å². The summed E-state index contributed by atoms with van der Waals surface area (Å²) in [7, 11) is 3.07. The SMILES string of the molecule is CCCCCN1C(=O)C(=O)/C(=C(\O)c2ccccc2OC)C1c1ccc(OC)cc1. The summed E-state index contributed by atoms with van der Waals surface area (Å²) in [4.78, 5) is 27.4. The van der Waals surface area contributed by atoms with Crippen molar-refractivity contribution < 1.29 is 24.2 Å². The van der Waals surface area contributed by atoms with E-state index in [4.69, 9.17) is 9.47 Å². The lowest BCUT2D eigenvalue weighted by atomic mass is 9.95. The van der Waals surface area contributed by atoms with E-state index in [0.29, 0.717) is 23.6 Å². The van der Waals surface area contributed by atoms with Gasteiger partial charge in [-0.1, -0.05) is 44.0 Å². The number of aliphatic hydroxyl groups excluding tert-OH is 1. The number of carbonyl (C=O) groups is 2. The number of Topliss-reactive ketones (excluding diaryl/α,β-unsaturated/α-hetero) is 1. The number of hydrogen-bond acceptors (Lipinski definition) is 5. The maximum atomic E-state index is 13.0. The maximum Gasteiger partial charge on any atom is 0.295 e. The summed E-state index contributed by atoms with van der Waals surface area (Å²) in [6.45, 7) is 2.52. The van der Waals surface area contributed by atoms with Gasteiger partial charge in [0.1, 0.15) is 17.3 Å². The maximum absolute atomic E-state index is 13.0. The summed E-state index contributed by atoms with van der Waals surface area (Å²) >= 11 is 0. The second-order valence-electron chi connectivity index (χ2n) is 7.17. The Morgan fingerprint density at radius 1 is 1.00 bits per heavy atom. The lowest BCUT2D eigenvalue weighted by Crippen LogP contribution is -2.30. The predicted octanol–water partition coefficient (Wildman–Crippen LogP) is 4.32. The number of hydrogen-bond donors (Lipinski definition) is 1. The quantitative estimate of drug-likeness (QED) is 0.304. The molecule has 0 aromatic heterocycles. The smallest absolute Gasteiger partial charge is 0.295 e. The Bertz CT molecular complexity index is 948. The molecule has 1 fully saturated rings. The number of ketones is 1. The third-order valence-corrected chi connectivity index (χ3v) is 5.34. The number of unbranched alkanes of at least 4 members (excludes halogenated alkanes) is 2. The van der Waals surface area contributed by atoms with Crippen molar-refractivity contribution in [1.29, 1.82) is 0 Å². The van der Waals surface area contributed by atoms with Crippen LogP contribution in [0.1, 0.15) is 43.4 Å². The Morgan fingerprint density at radius 2 is 1.70 bits per heavy atom. The average Bonchev–Trinajstić information content (AvgIpc) is 3.03. The van der Waals surface area contributed by atoms with Crippen LogP contribution in [0.3, 0.4) is 0 Å². The Morgan fingerprint density at radius 3 is 2.33 bits per heavy atom. The molecule has 1 N–H and O–H groups in total. The van der Waals surface area contributed by atoms with Crippen LogP contribution in [0.25, 0.3) is 5.76 Å². The Labute approximate surface area is 176 Å². The fourth-order valence-electron chi connectivity index (χ4n) is 3.76. The molecule has 0 spiro atoms. The molecule has 6 nitrogen and oxygen atoms in total. The van der Waals surface area contributed by atoms with E-state index in [0.717, 1.165) is 24.8 Å². The van der Waals surface area contributed by atoms with Crippen LogP contribution in [-0.4, -0.2) is 42.5 Å². The lowest BCUT2D eigenvalue weighted by Gasteiger charge is -2.25. The largest absolute Gasteiger partial charge is 0.507 e. The molecule has 6 heteroatoms. The minimum Gasteiger partial charge on any atom is -0.507 e. The summed E-state index contributed by atoms with van der Waals surface area (Å²) in [6.07, 6.45) is 2.73. The Hall–Kier alpha value is -3.28. The monoisotopic (exact) mass is 409 g/mol. The van der Waals surface area contributed by atoms with Gasteiger partial charge in [-0.3, -0.25) is 9.59 Å². The minimum absolute atomic E-state index is 0.0752. The summed E-state index contributed by atoms with van der Waals surface area (Å²) in [6, 6.07) is 13.4. The first-order chi connectivity index (χ1) is 14.5. The van der Waals surface area contributed by atoms with Gasteiger partial charge >= 0.3 is 0 Å². The zero-order valence-electron chi connectivity index (χ0n) is 17.6. The molecular weight excluding hydrogens is 382 g/mol. The van der Waals surface area contributed by atoms with Crippen LogP contribution < -0.4 is 9.47 Å². The molecule has 3 rings (SSSR count). The fraction of sp³-hybridized carbons (Fsp3) is 0.333. The highest BCUT2D eigenvalue weighted by molar-refractivity contribution is 6.46. The summed E-state index contributed by atoms with van der Waals surface area (Å²) < 4.78 is 10.6. The summed E-state index contributed by atoms with van der Waals surface area (Å²) in [5, 5.41) is 11.1. The number of ether oxygens (including phenoxy) is 2. The van der Waals surface area contributed by atoms with Gasteiger partial charge in [-0.25, -0.2) is 0 Å². The second kappa shape index (κ2) is 9.48. The molecule has 0 radical (unpaired) electrons. The van der Waals surface area contributed by atoms with Gasteiger partial charge in [0.05, 0.1) is 31.4 Å². The first-order valence-electron chi connectivity index (χ1n) is 10.1. The number of aliphatic hydroxyl groups is 1. The molecule has 1 atom stereocenters. The highest BCUT2D eigenvalue weighted by atomic mass is 16.5. The highest BCUT2D eigenvalue weighted by Gasteiger charge is 2.46. The zero-order valence-corrected chi connectivity index (χ0v) is 17.6. The number of amides is 1. The van der Waals surface area contributed by atoms with Crippen LogP contribution in [0.4, 0.5) is 0 Å². The van der Waals surface area contributed by atoms with Gasteiger partial charge in [0.2, 0.25) is 0 Å². The number of para-hydroxylation sites is 1. The molecule has 0 aliphatic carbocycles. The van der Waals surface area contributed by atoms with Crippen molar-refractivity contribution in [2.45, 2.75) is 32.2 Å². The number of rotatable bonds is 8. The van der Waals surface area contributed by atoms with Crippen LogP contribution in [0.15, 0.2) is 54.1 Å². The van der Waals surface area contributed by atoms with E-state index in [2.05, 4.69) is 6.92 Å². The third kappa shape index (κ3) is 4.03. The van der Waals surface area contributed by atoms with E-state index >= 15 is 0 Å². The van der Waals surface area contributed by atoms with E-state index in [-0.39, 0.29) is 11.3 Å². The van der Waals surface area contributed by atoms with E-state index in [9.17, 15) is 14.7 Å². The van der Waals surface area contributed by atoms with Crippen LogP contribution in [0.5, 0.6) is 11.5 Å². The van der Waals surface area contributed by atoms with Gasteiger partial charge in [0, 0.05) is 6.54 Å². The van der Waals surface area contributed by atoms with Crippen molar-refractivity contribution in [3.8, 4) is 11.5 Å². The molecule has 0 bridgehead atoms. The molecule has 0 saturated carbocycles. The van der Waals surface area contributed by atoms with Gasteiger partial charge in [0.15, 0.2) is 0 Å². The van der Waals surface area contributed by atoms with Gasteiger partial charge in [0.25, 0.3) is 11.7 Å². The molecule has 30 heavy (non-hydrogen) atoms. The van der Waals surface area contributed by atoms with Gasteiger partial charge < -0.3 is 19.5 Å². The van der Waals surface area contributed by atoms with Crippen molar-refractivity contribution in [1.82, 2.24) is 4.90 Å². The Balaban J connectivity index is 2.14. The predicted molar refractivity (Wildman–Crippen MR) is 115 cm³/mol. The Kier molecular flexibility index (Phi) is 6.77. The minimum atomic E-state index is -0.685. The molecule has 1 heterocycles. The molecule has 1 unspecified atom stereocenters. The van der Waals surface area contributed by atoms with E-state index in [1.165, 1.54) is 7.11 Å². The first kappa shape index (κ1) is 21.4. The van der Waals surface area contributed by atoms with Gasteiger partial charge in [-0.05, 0) is 36.2 Å². The number of nitrogens with zero attached hydrogens (tertiary/aromatic N) is 1. The topological polar surface area (TPSA) is 76.1 Å². The molecule has 1 saturated heterocycles. The molecule has 158 valence electrons. The van der Waals surface area contributed by atoms with Crippen LogP contribution in [-0.2, 0) is 9.59 Å². The molecule has 1 aliphatic rings. The molecule has 2 aromatic rings. The molecule has 2 aromatic carbocycles. The first-order valence-corrected chi connectivity index (χ1v) is 10.1. The summed E-state index contributed by atoms with van der Waals surface area (Å²) in [5.41, 5.74) is 1.19. The van der Waals surface area contributed by atoms with E-state index < -0.39 is 17.7 Å². The van der Waals surface area contributed by atoms with Crippen molar-refractivity contribution in [2.24, 2.45) is 0 Å². The average molecular weight is 409 g/mol. The number of likely N-dealkylation sites (tertiary alicyclic amines) is 1. The standard InChI is InChI=1S/C24H27NO5/c1-4-5-8-15-25-21(16-11-13-17(29-2)14-12-16)20(23(27)24(25)28)22(26)18-9-6-7-10-19(18)30-3/h6-7,9-14,21,26H,4-5,8,15H2,1-3H3/b22-20-. The van der Waals surface area contributed by atoms with Crippen LogP contribution in [0.2, 0.25) is 0 Å². The number of carbonyl (C=O) groups excluding carboxylic acids is 2. The van der Waals surface area contributed by atoms with Gasteiger partial charge in [-0.15, -0.1) is 0 Å². The van der Waals surface area contributed by atoms with Crippen molar-refractivity contribution in [3.05, 3.63) is 65.2 Å². The van der Waals surface area contributed by atoms with Crippen molar-refractivity contribution in [2.75, 3.05) is 20.8 Å². The molecule has 1 amide bonds. The van der Waals surface area contributed by atoms with Crippen molar-refractivity contribution in [3.63, 3.8) is 0 Å². The zero-order chi connectivity index (χ0) is 21.7. The number of methoxy groups -OCH3 is 2. The molecular formula is C24H27NO5. The van der Waals surface area contributed by atoms with Gasteiger partial charge in [-0.2, -0.15) is 0 Å². The van der Waals surface area contributed by atoms with E-state index in [1.54, 1.807) is 48.4 Å². The van der Waals surface area contributed by atoms with E-state index in [1.807, 2.05) is 12.1 Å². The van der Waals surface area contributed by atoms with Crippen molar-refractivity contribution >= 4 is 17.4 Å². The van der Waals surface area contributed by atoms with Crippen LogP contribution in [0, 0.1) is 0 Å². The lowest BCUT2D eigenvalue weighted by molar-refractivity contribution is -0.139. The second-order valence-corrected chi connectivity index (χ2v) is 7.17. The molecule has 1 aliphatic heterocycles. The third-order valence-electron chi connectivity index (χ3n) is 5.34. The highest BCUT2D eigenvalue weighted by Crippen LogP contribution is 2.41.